The van der Waals surface area contributed by atoms with Gasteiger partial charge in [0.05, 0.1) is 34.2 Å². The van der Waals surface area contributed by atoms with Crippen molar-refractivity contribution in [2.75, 3.05) is 29.9 Å². The second kappa shape index (κ2) is 8.64. The molecule has 1 unspecified atom stereocenters. The summed E-state index contributed by atoms with van der Waals surface area (Å²) in [5.41, 5.74) is 3.20. The van der Waals surface area contributed by atoms with Crippen LogP contribution in [0.25, 0.3) is 10.9 Å². The van der Waals surface area contributed by atoms with Crippen molar-refractivity contribution in [3.8, 4) is 0 Å². The molecule has 0 radical (unpaired) electrons. The van der Waals surface area contributed by atoms with Gasteiger partial charge in [0.2, 0.25) is 0 Å². The number of nitrogens with zero attached hydrogens (tertiary/aromatic N) is 4. The topological polar surface area (TPSA) is 83.4 Å². The zero-order valence-corrected chi connectivity index (χ0v) is 20.5. The van der Waals surface area contributed by atoms with Crippen molar-refractivity contribution in [1.29, 1.82) is 0 Å². The van der Waals surface area contributed by atoms with Crippen molar-refractivity contribution in [2.24, 2.45) is 0 Å². The maximum Gasteiger partial charge on any atom is 0.298 e. The van der Waals surface area contributed by atoms with Crippen molar-refractivity contribution >= 4 is 22.4 Å². The van der Waals surface area contributed by atoms with E-state index in [2.05, 4.69) is 20.4 Å². The lowest BCUT2D eigenvalue weighted by atomic mass is 9.95. The Morgan fingerprint density at radius 3 is 2.66 bits per heavy atom. The number of aromatic nitrogens is 3. The number of benzene rings is 1. The predicted octanol–water partition coefficient (Wildman–Crippen LogP) is 4.66. The molecule has 2 saturated heterocycles. The SMILES string of the molecule is Cc1nc2c(C)nnc(N[C@H](C)c3cccc(C(F)(F)C4CCCO4)c3)c2cc1N1CC(C)(O)C1. The summed E-state index contributed by atoms with van der Waals surface area (Å²) in [6.45, 7) is 8.96. The minimum Gasteiger partial charge on any atom is -0.386 e. The second-order valence-electron chi connectivity index (χ2n) is 10.1. The van der Waals surface area contributed by atoms with Gasteiger partial charge in [0, 0.05) is 30.6 Å². The van der Waals surface area contributed by atoms with Crippen LogP contribution in [0.5, 0.6) is 0 Å². The average Bonchev–Trinajstić information content (AvgIpc) is 3.35. The third-order valence-corrected chi connectivity index (χ3v) is 6.95. The van der Waals surface area contributed by atoms with E-state index in [4.69, 9.17) is 9.72 Å². The van der Waals surface area contributed by atoms with E-state index in [1.54, 1.807) is 12.1 Å². The minimum atomic E-state index is -3.04. The van der Waals surface area contributed by atoms with Gasteiger partial charge in [-0.1, -0.05) is 18.2 Å². The molecular weight excluding hydrogens is 452 g/mol. The summed E-state index contributed by atoms with van der Waals surface area (Å²) in [4.78, 5) is 6.86. The van der Waals surface area contributed by atoms with Gasteiger partial charge < -0.3 is 20.1 Å². The van der Waals surface area contributed by atoms with Crippen LogP contribution in [-0.4, -0.2) is 51.7 Å². The zero-order chi connectivity index (χ0) is 25.0. The first-order valence-electron chi connectivity index (χ1n) is 12.0. The Balaban J connectivity index is 1.45. The lowest BCUT2D eigenvalue weighted by Crippen LogP contribution is -2.60. The van der Waals surface area contributed by atoms with Crippen molar-refractivity contribution in [1.82, 2.24) is 15.2 Å². The minimum absolute atomic E-state index is 0.0418. The molecule has 0 bridgehead atoms. The first-order chi connectivity index (χ1) is 16.5. The maximum absolute atomic E-state index is 15.0. The molecule has 2 N–H and O–H groups in total. The number of aryl methyl sites for hydroxylation is 2. The number of aliphatic hydroxyl groups is 1. The Kier molecular flexibility index (Phi) is 5.88. The molecule has 4 heterocycles. The van der Waals surface area contributed by atoms with E-state index in [9.17, 15) is 5.11 Å². The standard InChI is InChI=1S/C26H31F2N5O2/c1-15(18-7-5-8-19(11-18)26(27,28)22-9-6-10-35-22)30-24-20-12-21(33-13-25(4,34)14-33)16(2)29-23(20)17(3)31-32-24/h5,7-8,11-12,15,22,34H,6,9-10,13-14H2,1-4H3,(H,30,32)/t15-,22?/m1/s1. The molecule has 2 aliphatic rings. The number of fused-ring (bicyclic) bond motifs is 1. The number of rotatable bonds is 6. The van der Waals surface area contributed by atoms with Gasteiger partial charge >= 0.3 is 0 Å². The lowest BCUT2D eigenvalue weighted by Gasteiger charge is -2.46. The Morgan fingerprint density at radius 1 is 1.20 bits per heavy atom. The summed E-state index contributed by atoms with van der Waals surface area (Å²) < 4.78 is 35.4. The molecule has 2 atom stereocenters. The molecule has 2 aliphatic heterocycles. The molecule has 1 aromatic carbocycles. The summed E-state index contributed by atoms with van der Waals surface area (Å²) in [5.74, 6) is -2.51. The van der Waals surface area contributed by atoms with E-state index in [0.29, 0.717) is 44.0 Å². The summed E-state index contributed by atoms with van der Waals surface area (Å²) in [6, 6.07) is 8.20. The predicted molar refractivity (Wildman–Crippen MR) is 131 cm³/mol. The molecule has 186 valence electrons. The van der Waals surface area contributed by atoms with Crippen LogP contribution in [0.1, 0.15) is 55.2 Å². The highest BCUT2D eigenvalue weighted by atomic mass is 19.3. The number of halogens is 2. The highest BCUT2D eigenvalue weighted by Gasteiger charge is 2.44. The fourth-order valence-corrected chi connectivity index (χ4v) is 5.00. The van der Waals surface area contributed by atoms with Gasteiger partial charge in [0.25, 0.3) is 5.92 Å². The van der Waals surface area contributed by atoms with Crippen LogP contribution >= 0.6 is 0 Å². The van der Waals surface area contributed by atoms with E-state index >= 15 is 8.78 Å². The first kappa shape index (κ1) is 23.8. The molecule has 5 rings (SSSR count). The quantitative estimate of drug-likeness (QED) is 0.528. The Morgan fingerprint density at radius 2 is 1.97 bits per heavy atom. The van der Waals surface area contributed by atoms with Crippen LogP contribution in [0.2, 0.25) is 0 Å². The largest absolute Gasteiger partial charge is 0.386 e. The van der Waals surface area contributed by atoms with Crippen LogP contribution in [0, 0.1) is 13.8 Å². The molecule has 3 aromatic rings. The van der Waals surface area contributed by atoms with Crippen molar-refractivity contribution < 1.29 is 18.6 Å². The molecule has 35 heavy (non-hydrogen) atoms. The van der Waals surface area contributed by atoms with Crippen LogP contribution < -0.4 is 10.2 Å². The summed E-state index contributed by atoms with van der Waals surface area (Å²) >= 11 is 0. The fourth-order valence-electron chi connectivity index (χ4n) is 5.00. The monoisotopic (exact) mass is 483 g/mol. The number of hydrogen-bond donors (Lipinski definition) is 2. The van der Waals surface area contributed by atoms with Crippen molar-refractivity contribution in [3.63, 3.8) is 0 Å². The number of pyridine rings is 1. The second-order valence-corrected chi connectivity index (χ2v) is 10.1. The third-order valence-electron chi connectivity index (χ3n) is 6.95. The molecule has 7 nitrogen and oxygen atoms in total. The fraction of sp³-hybridized carbons (Fsp3) is 0.500. The number of nitrogens with one attached hydrogen (secondary N) is 1. The Bertz CT molecular complexity index is 1250. The zero-order valence-electron chi connectivity index (χ0n) is 20.5. The van der Waals surface area contributed by atoms with Gasteiger partial charge in [-0.2, -0.15) is 13.9 Å². The molecule has 2 fully saturated rings. The summed E-state index contributed by atoms with van der Waals surface area (Å²) in [5, 5.41) is 23.0. The number of hydrogen-bond acceptors (Lipinski definition) is 7. The van der Waals surface area contributed by atoms with E-state index in [-0.39, 0.29) is 11.6 Å². The highest BCUT2D eigenvalue weighted by Crippen LogP contribution is 2.39. The van der Waals surface area contributed by atoms with E-state index in [1.807, 2.05) is 39.8 Å². The van der Waals surface area contributed by atoms with Crippen LogP contribution in [0.15, 0.2) is 30.3 Å². The highest BCUT2D eigenvalue weighted by molar-refractivity contribution is 5.93. The summed E-state index contributed by atoms with van der Waals surface area (Å²) in [6.07, 6.45) is -0.0680. The molecular formula is C26H31F2N5O2. The number of β-amino-alcohol motifs (C(OH)–C–C–N with tert-alkyl or cyclic N) is 1. The summed E-state index contributed by atoms with van der Waals surface area (Å²) in [7, 11) is 0. The van der Waals surface area contributed by atoms with E-state index < -0.39 is 17.6 Å². The Labute approximate surface area is 203 Å². The molecule has 0 spiro atoms. The molecule has 9 heteroatoms. The Hall–Kier alpha value is -2.91. The van der Waals surface area contributed by atoms with Gasteiger partial charge in [-0.05, 0) is 58.2 Å². The number of ether oxygens (including phenoxy) is 1. The van der Waals surface area contributed by atoms with Crippen LogP contribution in [-0.2, 0) is 10.7 Å². The van der Waals surface area contributed by atoms with Gasteiger partial charge in [-0.15, -0.1) is 5.10 Å². The number of alkyl halides is 2. The van der Waals surface area contributed by atoms with Crippen LogP contribution in [0.4, 0.5) is 20.3 Å². The van der Waals surface area contributed by atoms with E-state index in [0.717, 1.165) is 27.8 Å². The smallest absolute Gasteiger partial charge is 0.298 e. The van der Waals surface area contributed by atoms with E-state index in [1.165, 1.54) is 6.07 Å². The van der Waals surface area contributed by atoms with Crippen molar-refractivity contribution in [3.05, 3.63) is 52.8 Å². The molecule has 0 amide bonds. The lowest BCUT2D eigenvalue weighted by molar-refractivity contribution is -0.122. The molecule has 0 aliphatic carbocycles. The number of anilines is 2. The van der Waals surface area contributed by atoms with Crippen LogP contribution in [0.3, 0.4) is 0 Å². The molecule has 0 saturated carbocycles. The molecule has 2 aromatic heterocycles. The average molecular weight is 484 g/mol. The van der Waals surface area contributed by atoms with Crippen molar-refractivity contribution in [2.45, 2.75) is 64.2 Å². The first-order valence-corrected chi connectivity index (χ1v) is 12.0. The third kappa shape index (κ3) is 4.43. The van der Waals surface area contributed by atoms with Gasteiger partial charge in [-0.3, -0.25) is 0 Å². The normalized spacial score (nSPS) is 20.7. The van der Waals surface area contributed by atoms with Gasteiger partial charge in [0.15, 0.2) is 5.82 Å². The maximum atomic E-state index is 15.0. The van der Waals surface area contributed by atoms with Gasteiger partial charge in [-0.25, -0.2) is 4.98 Å². The van der Waals surface area contributed by atoms with Gasteiger partial charge in [0.1, 0.15) is 6.10 Å².